The summed E-state index contributed by atoms with van der Waals surface area (Å²) in [5.74, 6) is -0.370. The van der Waals surface area contributed by atoms with Crippen LogP contribution in [-0.2, 0) is 9.59 Å². The molecule has 0 spiro atoms. The number of amides is 2. The van der Waals surface area contributed by atoms with Crippen molar-refractivity contribution in [2.75, 3.05) is 18.4 Å². The van der Waals surface area contributed by atoms with Crippen LogP contribution in [0.25, 0.3) is 16.9 Å². The lowest BCUT2D eigenvalue weighted by Gasteiger charge is -2.21. The van der Waals surface area contributed by atoms with Crippen LogP contribution < -0.4 is 5.32 Å². The maximum absolute atomic E-state index is 13.4. The van der Waals surface area contributed by atoms with Gasteiger partial charge in [-0.2, -0.15) is 0 Å². The molecule has 3 aromatic rings. The van der Waals surface area contributed by atoms with Crippen LogP contribution in [0.1, 0.15) is 20.3 Å². The molecule has 1 aromatic heterocycles. The third-order valence-electron chi connectivity index (χ3n) is 4.75. The van der Waals surface area contributed by atoms with Gasteiger partial charge in [-0.1, -0.05) is 50.3 Å². The molecule has 0 aliphatic carbocycles. The van der Waals surface area contributed by atoms with Crippen molar-refractivity contribution in [2.45, 2.75) is 20.3 Å². The summed E-state index contributed by atoms with van der Waals surface area (Å²) in [5.41, 5.74) is 2.18. The zero-order valence-corrected chi connectivity index (χ0v) is 18.3. The fraction of sp³-hybridized carbons (Fsp3) is 0.240. The van der Waals surface area contributed by atoms with Gasteiger partial charge < -0.3 is 4.90 Å². The molecule has 166 valence electrons. The Morgan fingerprint density at radius 3 is 2.47 bits per heavy atom. The number of benzene rings is 2. The minimum Gasteiger partial charge on any atom is -0.330 e. The normalized spacial score (nSPS) is 10.8. The van der Waals surface area contributed by atoms with Crippen molar-refractivity contribution in [1.82, 2.24) is 14.5 Å². The lowest BCUT2D eigenvalue weighted by molar-refractivity contribution is -0.134. The summed E-state index contributed by atoms with van der Waals surface area (Å²) in [4.78, 5) is 31.3. The van der Waals surface area contributed by atoms with Crippen LogP contribution in [0.4, 0.5) is 10.3 Å². The molecular formula is C25H27FN4O2. The molecule has 2 aromatic carbocycles. The van der Waals surface area contributed by atoms with Gasteiger partial charge >= 0.3 is 0 Å². The first kappa shape index (κ1) is 22.9. The first-order chi connectivity index (χ1) is 15.4. The van der Waals surface area contributed by atoms with Crippen molar-refractivity contribution in [2.24, 2.45) is 5.92 Å². The summed E-state index contributed by atoms with van der Waals surface area (Å²) in [6, 6.07) is 15.5. The van der Waals surface area contributed by atoms with E-state index in [4.69, 9.17) is 0 Å². The highest BCUT2D eigenvalue weighted by Gasteiger charge is 2.19. The molecule has 0 radical (unpaired) electrons. The molecule has 0 saturated heterocycles. The van der Waals surface area contributed by atoms with Gasteiger partial charge in [0.15, 0.2) is 0 Å². The Morgan fingerprint density at radius 1 is 1.16 bits per heavy atom. The van der Waals surface area contributed by atoms with E-state index >= 15 is 0 Å². The Labute approximate surface area is 187 Å². The highest BCUT2D eigenvalue weighted by atomic mass is 19.1. The molecule has 0 aliphatic heterocycles. The molecule has 0 bridgehead atoms. The van der Waals surface area contributed by atoms with Crippen LogP contribution in [-0.4, -0.2) is 39.4 Å². The molecule has 7 heteroatoms. The predicted octanol–water partition coefficient (Wildman–Crippen LogP) is 4.68. The third kappa shape index (κ3) is 5.91. The molecule has 3 rings (SSSR count). The predicted molar refractivity (Wildman–Crippen MR) is 124 cm³/mol. The van der Waals surface area contributed by atoms with E-state index in [0.717, 1.165) is 5.56 Å². The Hall–Kier alpha value is -3.74. The van der Waals surface area contributed by atoms with Crippen molar-refractivity contribution < 1.29 is 14.0 Å². The van der Waals surface area contributed by atoms with Gasteiger partial charge in [-0.3, -0.25) is 19.5 Å². The number of carbonyl (C=O) groups excluding carboxylic acids is 2. The van der Waals surface area contributed by atoms with Gasteiger partial charge in [-0.15, -0.1) is 6.58 Å². The SMILES string of the molecule is C=CCN(CC(=O)Nc1nc(-c2ccccc2)cn1-c1ccc(F)cc1)C(=O)CC(C)C. The van der Waals surface area contributed by atoms with Crippen molar-refractivity contribution in [3.8, 4) is 16.9 Å². The first-order valence-corrected chi connectivity index (χ1v) is 10.5. The van der Waals surface area contributed by atoms with Crippen LogP contribution in [0.5, 0.6) is 0 Å². The largest absolute Gasteiger partial charge is 0.330 e. The molecule has 0 saturated carbocycles. The fourth-order valence-corrected chi connectivity index (χ4v) is 3.24. The number of hydrogen-bond donors (Lipinski definition) is 1. The van der Waals surface area contributed by atoms with Gasteiger partial charge in [0.05, 0.1) is 5.69 Å². The number of carbonyl (C=O) groups is 2. The Kier molecular flexibility index (Phi) is 7.54. The van der Waals surface area contributed by atoms with Gasteiger partial charge in [0.1, 0.15) is 12.4 Å². The second-order valence-electron chi connectivity index (χ2n) is 7.87. The highest BCUT2D eigenvalue weighted by molar-refractivity contribution is 5.94. The lowest BCUT2D eigenvalue weighted by atomic mass is 10.1. The van der Waals surface area contributed by atoms with Crippen LogP contribution in [0, 0.1) is 11.7 Å². The van der Waals surface area contributed by atoms with E-state index in [1.165, 1.54) is 17.0 Å². The van der Waals surface area contributed by atoms with Gasteiger partial charge in [0.25, 0.3) is 0 Å². The third-order valence-corrected chi connectivity index (χ3v) is 4.75. The number of nitrogens with one attached hydrogen (secondary N) is 1. The molecule has 0 atom stereocenters. The Morgan fingerprint density at radius 2 is 1.84 bits per heavy atom. The van der Waals surface area contributed by atoms with E-state index in [-0.39, 0.29) is 42.6 Å². The molecule has 0 aliphatic rings. The minimum atomic E-state index is -0.377. The van der Waals surface area contributed by atoms with Crippen LogP contribution in [0.3, 0.4) is 0 Å². The second-order valence-corrected chi connectivity index (χ2v) is 7.87. The van der Waals surface area contributed by atoms with E-state index in [0.29, 0.717) is 17.8 Å². The molecule has 2 amide bonds. The van der Waals surface area contributed by atoms with Gasteiger partial charge in [0, 0.05) is 30.4 Å². The molecule has 1 N–H and O–H groups in total. The highest BCUT2D eigenvalue weighted by Crippen LogP contribution is 2.24. The van der Waals surface area contributed by atoms with Gasteiger partial charge in [-0.25, -0.2) is 9.37 Å². The molecule has 0 unspecified atom stereocenters. The summed E-state index contributed by atoms with van der Waals surface area (Å²) >= 11 is 0. The monoisotopic (exact) mass is 434 g/mol. The van der Waals surface area contributed by atoms with Crippen LogP contribution >= 0.6 is 0 Å². The average Bonchev–Trinajstić information content (AvgIpc) is 3.17. The number of halogens is 1. The van der Waals surface area contributed by atoms with E-state index < -0.39 is 0 Å². The molecular weight excluding hydrogens is 407 g/mol. The minimum absolute atomic E-state index is 0.109. The van der Waals surface area contributed by atoms with Gasteiger partial charge in [0.2, 0.25) is 17.8 Å². The molecule has 32 heavy (non-hydrogen) atoms. The molecule has 6 nitrogen and oxygen atoms in total. The number of anilines is 1. The number of imidazole rings is 1. The lowest BCUT2D eigenvalue weighted by Crippen LogP contribution is -2.38. The van der Waals surface area contributed by atoms with E-state index in [2.05, 4.69) is 16.9 Å². The summed E-state index contributed by atoms with van der Waals surface area (Å²) in [7, 11) is 0. The Balaban J connectivity index is 1.87. The Bertz CT molecular complexity index is 1080. The fourth-order valence-electron chi connectivity index (χ4n) is 3.24. The number of rotatable bonds is 9. The van der Waals surface area contributed by atoms with Crippen LogP contribution in [0.2, 0.25) is 0 Å². The smallest absolute Gasteiger partial charge is 0.246 e. The molecule has 1 heterocycles. The summed E-state index contributed by atoms with van der Waals surface area (Å²) in [6.07, 6.45) is 3.73. The maximum atomic E-state index is 13.4. The summed E-state index contributed by atoms with van der Waals surface area (Å²) in [5, 5.41) is 2.80. The van der Waals surface area contributed by atoms with Crippen molar-refractivity contribution in [3.63, 3.8) is 0 Å². The topological polar surface area (TPSA) is 67.2 Å². The summed E-state index contributed by atoms with van der Waals surface area (Å²) in [6.45, 7) is 7.75. The van der Waals surface area contributed by atoms with Crippen LogP contribution in [0.15, 0.2) is 73.4 Å². The standard InChI is InChI=1S/C25H27FN4O2/c1-4-14-29(24(32)15-18(2)3)17-23(31)28-25-27-22(19-8-6-5-7-9-19)16-30(25)21-12-10-20(26)11-13-21/h4-13,16,18H,1,14-15,17H2,2-3H3,(H,27,28,31). The van der Waals surface area contributed by atoms with Crippen molar-refractivity contribution in [3.05, 3.63) is 79.3 Å². The average molecular weight is 435 g/mol. The van der Waals surface area contributed by atoms with Crippen molar-refractivity contribution in [1.29, 1.82) is 0 Å². The quantitative estimate of drug-likeness (QED) is 0.498. The maximum Gasteiger partial charge on any atom is 0.246 e. The zero-order chi connectivity index (χ0) is 23.1. The number of aromatic nitrogens is 2. The van der Waals surface area contributed by atoms with E-state index in [9.17, 15) is 14.0 Å². The second kappa shape index (κ2) is 10.5. The molecule has 0 fully saturated rings. The van der Waals surface area contributed by atoms with Gasteiger partial charge in [-0.05, 0) is 30.2 Å². The summed E-state index contributed by atoms with van der Waals surface area (Å²) < 4.78 is 15.1. The number of hydrogen-bond acceptors (Lipinski definition) is 3. The first-order valence-electron chi connectivity index (χ1n) is 10.5. The number of nitrogens with zero attached hydrogens (tertiary/aromatic N) is 3. The van der Waals surface area contributed by atoms with E-state index in [1.807, 2.05) is 44.2 Å². The van der Waals surface area contributed by atoms with E-state index in [1.54, 1.807) is 29.0 Å². The zero-order valence-electron chi connectivity index (χ0n) is 18.3. The van der Waals surface area contributed by atoms with Crippen molar-refractivity contribution >= 4 is 17.8 Å².